The summed E-state index contributed by atoms with van der Waals surface area (Å²) < 4.78 is 5.28. The van der Waals surface area contributed by atoms with E-state index < -0.39 is 4.92 Å². The first-order valence-electron chi connectivity index (χ1n) is 6.41. The number of nitro benzene ring substituents is 1. The van der Waals surface area contributed by atoms with Crippen LogP contribution in [0.15, 0.2) is 48.5 Å². The molecule has 1 atom stereocenters. The summed E-state index contributed by atoms with van der Waals surface area (Å²) in [6.45, 7) is 0. The fourth-order valence-electron chi connectivity index (χ4n) is 2.16. The largest absolute Gasteiger partial charge is 0.496 e. The summed E-state index contributed by atoms with van der Waals surface area (Å²) >= 11 is 0. The molecule has 0 radical (unpaired) electrons. The second kappa shape index (κ2) is 6.53. The summed E-state index contributed by atoms with van der Waals surface area (Å²) in [6.07, 6.45) is 0.498. The number of non-ortho nitro benzene ring substituents is 1. The van der Waals surface area contributed by atoms with Crippen molar-refractivity contribution in [3.63, 3.8) is 0 Å². The third kappa shape index (κ3) is 3.37. The lowest BCUT2D eigenvalue weighted by Crippen LogP contribution is -2.02. The zero-order valence-corrected chi connectivity index (χ0v) is 11.5. The minimum atomic E-state index is -0.453. The molecule has 0 N–H and O–H groups in total. The van der Waals surface area contributed by atoms with E-state index >= 15 is 0 Å². The van der Waals surface area contributed by atoms with Gasteiger partial charge in [-0.15, -0.1) is 0 Å². The highest BCUT2D eigenvalue weighted by atomic mass is 16.6. The first-order valence-corrected chi connectivity index (χ1v) is 6.41. The third-order valence-corrected chi connectivity index (χ3v) is 3.28. The Kier molecular flexibility index (Phi) is 4.52. The van der Waals surface area contributed by atoms with Gasteiger partial charge in [0.05, 0.1) is 24.0 Å². The van der Waals surface area contributed by atoms with E-state index in [-0.39, 0.29) is 11.6 Å². The molecule has 0 aliphatic heterocycles. The number of ether oxygens (including phenoxy) is 1. The fourth-order valence-corrected chi connectivity index (χ4v) is 2.16. The minimum absolute atomic E-state index is 0.0210. The number of rotatable bonds is 5. The standard InChI is InChI=1S/C16H14N2O3/c1-21-16-5-3-2-4-13(16)10-14(11-17)12-6-8-15(9-7-12)18(19)20/h2-9,14H,10H2,1H3. The van der Waals surface area contributed by atoms with Crippen molar-refractivity contribution in [2.45, 2.75) is 12.3 Å². The average molecular weight is 282 g/mol. The summed E-state index contributed by atoms with van der Waals surface area (Å²) in [5, 5.41) is 20.0. The molecule has 5 nitrogen and oxygen atoms in total. The van der Waals surface area contributed by atoms with Gasteiger partial charge in [-0.2, -0.15) is 5.26 Å². The Morgan fingerprint density at radius 1 is 1.24 bits per heavy atom. The quantitative estimate of drug-likeness (QED) is 0.621. The van der Waals surface area contributed by atoms with Gasteiger partial charge in [-0.25, -0.2) is 0 Å². The fraction of sp³-hybridized carbons (Fsp3) is 0.188. The Bertz CT molecular complexity index is 675. The number of nitrogens with zero attached hydrogens (tertiary/aromatic N) is 2. The molecule has 0 aromatic heterocycles. The molecule has 2 aromatic rings. The molecule has 0 bridgehead atoms. The van der Waals surface area contributed by atoms with Crippen LogP contribution >= 0.6 is 0 Å². The summed E-state index contributed by atoms with van der Waals surface area (Å²) in [5.41, 5.74) is 1.71. The van der Waals surface area contributed by atoms with Crippen molar-refractivity contribution in [1.29, 1.82) is 5.26 Å². The van der Waals surface area contributed by atoms with Crippen LogP contribution in [0, 0.1) is 21.4 Å². The van der Waals surface area contributed by atoms with Crippen LogP contribution in [0.4, 0.5) is 5.69 Å². The molecule has 0 aliphatic carbocycles. The Hall–Kier alpha value is -2.87. The van der Waals surface area contributed by atoms with Gasteiger partial charge in [-0.05, 0) is 23.6 Å². The second-order valence-electron chi connectivity index (χ2n) is 4.55. The maximum Gasteiger partial charge on any atom is 0.269 e. The lowest BCUT2D eigenvalue weighted by molar-refractivity contribution is -0.384. The minimum Gasteiger partial charge on any atom is -0.496 e. The SMILES string of the molecule is COc1ccccc1CC(C#N)c1ccc([N+](=O)[O-])cc1. The van der Waals surface area contributed by atoms with E-state index in [0.29, 0.717) is 6.42 Å². The molecule has 0 spiro atoms. The summed E-state index contributed by atoms with van der Waals surface area (Å²) in [4.78, 5) is 10.2. The summed E-state index contributed by atoms with van der Waals surface area (Å²) in [7, 11) is 1.59. The number of hydrogen-bond acceptors (Lipinski definition) is 4. The van der Waals surface area contributed by atoms with Crippen molar-refractivity contribution in [1.82, 2.24) is 0 Å². The molecular formula is C16H14N2O3. The van der Waals surface area contributed by atoms with Crippen LogP contribution in [-0.2, 0) is 6.42 Å². The van der Waals surface area contributed by atoms with Crippen LogP contribution in [0.25, 0.3) is 0 Å². The van der Waals surface area contributed by atoms with Crippen LogP contribution < -0.4 is 4.74 Å². The van der Waals surface area contributed by atoms with Crippen LogP contribution in [0.5, 0.6) is 5.75 Å². The van der Waals surface area contributed by atoms with Crippen molar-refractivity contribution in [2.75, 3.05) is 7.11 Å². The molecule has 2 rings (SSSR count). The third-order valence-electron chi connectivity index (χ3n) is 3.28. The Balaban J connectivity index is 2.24. The Labute approximate surface area is 122 Å². The molecule has 106 valence electrons. The predicted molar refractivity (Wildman–Crippen MR) is 78.1 cm³/mol. The van der Waals surface area contributed by atoms with E-state index in [1.165, 1.54) is 12.1 Å². The molecule has 21 heavy (non-hydrogen) atoms. The summed E-state index contributed by atoms with van der Waals surface area (Å²) in [5.74, 6) is 0.363. The molecule has 0 aliphatic rings. The predicted octanol–water partition coefficient (Wildman–Crippen LogP) is 3.45. The van der Waals surface area contributed by atoms with Gasteiger partial charge in [0.2, 0.25) is 0 Å². The summed E-state index contributed by atoms with van der Waals surface area (Å²) in [6, 6.07) is 15.9. The highest BCUT2D eigenvalue weighted by molar-refractivity contribution is 5.40. The van der Waals surface area contributed by atoms with Gasteiger partial charge in [0.25, 0.3) is 5.69 Å². The molecule has 0 fully saturated rings. The Morgan fingerprint density at radius 2 is 1.90 bits per heavy atom. The smallest absolute Gasteiger partial charge is 0.269 e. The zero-order valence-electron chi connectivity index (χ0n) is 11.5. The van der Waals surface area contributed by atoms with Gasteiger partial charge in [0, 0.05) is 12.1 Å². The van der Waals surface area contributed by atoms with Crippen molar-refractivity contribution in [3.8, 4) is 11.8 Å². The molecule has 0 saturated carbocycles. The number of nitriles is 1. The van der Waals surface area contributed by atoms with Gasteiger partial charge in [-0.1, -0.05) is 30.3 Å². The molecule has 2 aromatic carbocycles. The lowest BCUT2D eigenvalue weighted by atomic mass is 9.92. The number of hydrogen-bond donors (Lipinski definition) is 0. The van der Waals surface area contributed by atoms with E-state index in [1.54, 1.807) is 19.2 Å². The van der Waals surface area contributed by atoms with E-state index in [9.17, 15) is 15.4 Å². The maximum absolute atomic E-state index is 10.7. The zero-order chi connectivity index (χ0) is 15.2. The lowest BCUT2D eigenvalue weighted by Gasteiger charge is -2.12. The van der Waals surface area contributed by atoms with E-state index in [2.05, 4.69) is 6.07 Å². The van der Waals surface area contributed by atoms with Gasteiger partial charge in [-0.3, -0.25) is 10.1 Å². The number of para-hydroxylation sites is 1. The maximum atomic E-state index is 10.7. The first-order chi connectivity index (χ1) is 10.2. The number of benzene rings is 2. The molecule has 5 heteroatoms. The van der Waals surface area contributed by atoms with Gasteiger partial charge in [0.15, 0.2) is 0 Å². The molecule has 0 amide bonds. The van der Waals surface area contributed by atoms with Gasteiger partial charge < -0.3 is 4.74 Å². The van der Waals surface area contributed by atoms with Gasteiger partial charge in [0.1, 0.15) is 5.75 Å². The molecule has 1 unspecified atom stereocenters. The highest BCUT2D eigenvalue weighted by Crippen LogP contribution is 2.27. The van der Waals surface area contributed by atoms with Crippen LogP contribution in [0.2, 0.25) is 0 Å². The normalized spacial score (nSPS) is 11.4. The van der Waals surface area contributed by atoms with E-state index in [4.69, 9.17) is 4.74 Å². The average Bonchev–Trinajstić information content (AvgIpc) is 2.53. The van der Waals surface area contributed by atoms with Crippen LogP contribution in [0.1, 0.15) is 17.0 Å². The van der Waals surface area contributed by atoms with E-state index in [0.717, 1.165) is 16.9 Å². The molecular weight excluding hydrogens is 268 g/mol. The van der Waals surface area contributed by atoms with Gasteiger partial charge >= 0.3 is 0 Å². The topological polar surface area (TPSA) is 76.2 Å². The van der Waals surface area contributed by atoms with E-state index in [1.807, 2.05) is 24.3 Å². The number of methoxy groups -OCH3 is 1. The molecule has 0 heterocycles. The van der Waals surface area contributed by atoms with Crippen molar-refractivity contribution in [3.05, 3.63) is 69.8 Å². The van der Waals surface area contributed by atoms with Crippen molar-refractivity contribution < 1.29 is 9.66 Å². The highest BCUT2D eigenvalue weighted by Gasteiger charge is 2.15. The van der Waals surface area contributed by atoms with Crippen molar-refractivity contribution in [2.24, 2.45) is 0 Å². The number of nitro groups is 1. The van der Waals surface area contributed by atoms with Crippen molar-refractivity contribution >= 4 is 5.69 Å². The first kappa shape index (κ1) is 14.5. The monoisotopic (exact) mass is 282 g/mol. The second-order valence-corrected chi connectivity index (χ2v) is 4.55. The van der Waals surface area contributed by atoms with Crippen LogP contribution in [-0.4, -0.2) is 12.0 Å². The van der Waals surface area contributed by atoms with Crippen LogP contribution in [0.3, 0.4) is 0 Å². The molecule has 0 saturated heterocycles. The Morgan fingerprint density at radius 3 is 2.48 bits per heavy atom.